The average molecular weight is 671 g/mol. The van der Waals surface area contributed by atoms with Crippen LogP contribution in [0.1, 0.15) is 94.7 Å². The van der Waals surface area contributed by atoms with Gasteiger partial charge in [0.05, 0.1) is 0 Å². The Labute approximate surface area is 306 Å². The molecular weight excluding hydrogens is 617 g/mol. The van der Waals surface area contributed by atoms with Crippen molar-refractivity contribution in [1.29, 1.82) is 0 Å². The molecule has 2 nitrogen and oxygen atoms in total. The number of rotatable bonds is 9. The predicted molar refractivity (Wildman–Crippen MR) is 223 cm³/mol. The predicted octanol–water partition coefficient (Wildman–Crippen LogP) is 13.0. The normalized spacial score (nSPS) is 16.9. The van der Waals surface area contributed by atoms with Gasteiger partial charge < -0.3 is 9.80 Å². The maximum Gasteiger partial charge on any atom is 0.0445 e. The van der Waals surface area contributed by atoms with E-state index in [0.29, 0.717) is 6.04 Å². The summed E-state index contributed by atoms with van der Waals surface area (Å²) in [5.41, 5.74) is 13.4. The van der Waals surface area contributed by atoms with E-state index in [1.165, 1.54) is 73.2 Å². The van der Waals surface area contributed by atoms with Gasteiger partial charge in [-0.1, -0.05) is 130 Å². The van der Waals surface area contributed by atoms with E-state index in [4.69, 9.17) is 0 Å². The van der Waals surface area contributed by atoms with Crippen LogP contribution in [-0.2, 0) is 18.3 Å². The third kappa shape index (κ3) is 7.20. The Morgan fingerprint density at radius 2 is 1.51 bits per heavy atom. The molecule has 5 aromatic carbocycles. The second-order valence-corrected chi connectivity index (χ2v) is 16.2. The van der Waals surface area contributed by atoms with Crippen molar-refractivity contribution in [1.82, 2.24) is 0 Å². The van der Waals surface area contributed by atoms with Gasteiger partial charge in [-0.15, -0.1) is 0 Å². The zero-order valence-electron chi connectivity index (χ0n) is 31.7. The van der Waals surface area contributed by atoms with Crippen molar-refractivity contribution in [3.8, 4) is 0 Å². The second kappa shape index (κ2) is 14.1. The zero-order valence-corrected chi connectivity index (χ0v) is 31.7. The van der Waals surface area contributed by atoms with Gasteiger partial charge in [-0.05, 0) is 127 Å². The summed E-state index contributed by atoms with van der Waals surface area (Å²) >= 11 is 0. The van der Waals surface area contributed by atoms with E-state index in [9.17, 15) is 0 Å². The van der Waals surface area contributed by atoms with E-state index in [-0.39, 0.29) is 11.0 Å². The van der Waals surface area contributed by atoms with Crippen LogP contribution < -0.4 is 9.80 Å². The first kappa shape index (κ1) is 34.6. The van der Waals surface area contributed by atoms with E-state index >= 15 is 0 Å². The molecule has 0 bridgehead atoms. The van der Waals surface area contributed by atoms with E-state index in [0.717, 1.165) is 25.8 Å². The lowest BCUT2D eigenvalue weighted by Crippen LogP contribution is -2.42. The quantitative estimate of drug-likeness (QED) is 0.144. The number of anilines is 3. The maximum absolute atomic E-state index is 2.55. The van der Waals surface area contributed by atoms with Crippen LogP contribution in [0.5, 0.6) is 0 Å². The Balaban J connectivity index is 1.08. The third-order valence-electron chi connectivity index (χ3n) is 10.9. The van der Waals surface area contributed by atoms with E-state index in [1.54, 1.807) is 0 Å². The summed E-state index contributed by atoms with van der Waals surface area (Å²) in [6, 6.07) is 39.0. The fraction of sp³-hybridized carbons (Fsp3) is 0.306. The molecule has 0 radical (unpaired) electrons. The molecule has 0 aromatic heterocycles. The molecule has 5 aromatic rings. The fourth-order valence-electron chi connectivity index (χ4n) is 8.19. The summed E-state index contributed by atoms with van der Waals surface area (Å²) in [6.07, 6.45) is 16.2. The van der Waals surface area contributed by atoms with E-state index < -0.39 is 0 Å². The van der Waals surface area contributed by atoms with Crippen LogP contribution in [0.15, 0.2) is 121 Å². The summed E-state index contributed by atoms with van der Waals surface area (Å²) in [7, 11) is 0. The number of para-hydroxylation sites is 2. The van der Waals surface area contributed by atoms with Gasteiger partial charge in [0.25, 0.3) is 0 Å². The number of benzene rings is 5. The maximum atomic E-state index is 2.55. The van der Waals surface area contributed by atoms with Crippen LogP contribution in [0.3, 0.4) is 0 Å². The lowest BCUT2D eigenvalue weighted by atomic mass is 9.86. The largest absolute Gasteiger partial charge is 0.363 e. The van der Waals surface area contributed by atoms with Crippen molar-refractivity contribution in [3.05, 3.63) is 155 Å². The summed E-state index contributed by atoms with van der Waals surface area (Å²) in [5.74, 6) is 0. The van der Waals surface area contributed by atoms with Crippen LogP contribution >= 0.6 is 0 Å². The number of allylic oxidation sites excluding steroid dienone is 3. The molecule has 1 aliphatic heterocycles. The molecule has 1 unspecified atom stereocenters. The molecule has 7 rings (SSSR count). The van der Waals surface area contributed by atoms with Gasteiger partial charge in [0, 0.05) is 40.6 Å². The summed E-state index contributed by atoms with van der Waals surface area (Å²) in [6.45, 7) is 17.1. The van der Waals surface area contributed by atoms with Crippen LogP contribution in [0, 0.1) is 0 Å². The SMILES string of the molecule is CCCc1ccccc1N(C/C=C\C1=CC(C)(C)c2cc(/C=C/c3ccc4cc(N5c6ccccc6CCC5C)ccc4c3)ccc21)C(C)(C)C. The highest BCUT2D eigenvalue weighted by atomic mass is 15.2. The molecule has 0 saturated carbocycles. The van der Waals surface area contributed by atoms with Crippen LogP contribution in [0.25, 0.3) is 28.5 Å². The van der Waals surface area contributed by atoms with Gasteiger partial charge in [0.15, 0.2) is 0 Å². The van der Waals surface area contributed by atoms with Crippen LogP contribution in [-0.4, -0.2) is 18.1 Å². The standard InChI is InChI=1S/C49H54N2/c1-8-14-38-15-9-11-18-46(38)50(48(3,4)5)30-13-17-42-34-49(6,7)45-32-37(24-29-44(42)45)22-21-36-23-26-41-33-43(28-27-40(41)31-36)51-35(2)20-25-39-16-10-12-19-47(39)51/h9-13,15-19,21-24,26-29,31-35H,8,14,20,25,30H2,1-7H3/b17-13-,22-21+. The van der Waals surface area contributed by atoms with Gasteiger partial charge >= 0.3 is 0 Å². The number of nitrogens with zero attached hydrogens (tertiary/aromatic N) is 2. The van der Waals surface area contributed by atoms with Crippen molar-refractivity contribution < 1.29 is 0 Å². The Hall–Kier alpha value is -4.82. The average Bonchev–Trinajstić information content (AvgIpc) is 3.37. The lowest BCUT2D eigenvalue weighted by molar-refractivity contribution is 0.520. The number of hydrogen-bond acceptors (Lipinski definition) is 2. The monoisotopic (exact) mass is 670 g/mol. The first-order valence-electron chi connectivity index (χ1n) is 19.0. The van der Waals surface area contributed by atoms with E-state index in [1.807, 2.05) is 0 Å². The zero-order chi connectivity index (χ0) is 35.8. The molecular formula is C49H54N2. The van der Waals surface area contributed by atoms with Gasteiger partial charge in [-0.2, -0.15) is 0 Å². The topological polar surface area (TPSA) is 6.48 Å². The number of hydrogen-bond donors (Lipinski definition) is 0. The highest BCUT2D eigenvalue weighted by Crippen LogP contribution is 2.42. The molecule has 2 aliphatic rings. The Kier molecular flexibility index (Phi) is 9.55. The molecule has 0 amide bonds. The van der Waals surface area contributed by atoms with Crippen LogP contribution in [0.2, 0.25) is 0 Å². The molecule has 0 spiro atoms. The van der Waals surface area contributed by atoms with E-state index in [2.05, 4.69) is 192 Å². The highest BCUT2D eigenvalue weighted by Gasteiger charge is 2.29. The van der Waals surface area contributed by atoms with Crippen LogP contribution in [0.4, 0.5) is 17.1 Å². The third-order valence-corrected chi connectivity index (χ3v) is 10.9. The molecule has 0 saturated heterocycles. The molecule has 0 N–H and O–H groups in total. The smallest absolute Gasteiger partial charge is 0.0445 e. The van der Waals surface area contributed by atoms with Crippen molar-refractivity contribution in [2.45, 2.75) is 91.1 Å². The van der Waals surface area contributed by atoms with Gasteiger partial charge in [-0.3, -0.25) is 0 Å². The molecule has 1 aliphatic carbocycles. The molecule has 260 valence electrons. The Bertz CT molecular complexity index is 2140. The first-order chi connectivity index (χ1) is 24.5. The van der Waals surface area contributed by atoms with Gasteiger partial charge in [0.1, 0.15) is 0 Å². The summed E-state index contributed by atoms with van der Waals surface area (Å²) < 4.78 is 0. The summed E-state index contributed by atoms with van der Waals surface area (Å²) in [4.78, 5) is 5.07. The lowest BCUT2D eigenvalue weighted by Gasteiger charge is -2.38. The number of fused-ring (bicyclic) bond motifs is 3. The minimum atomic E-state index is -0.0245. The van der Waals surface area contributed by atoms with Crippen molar-refractivity contribution in [2.24, 2.45) is 0 Å². The molecule has 1 heterocycles. The van der Waals surface area contributed by atoms with Gasteiger partial charge in [-0.25, -0.2) is 0 Å². The Morgan fingerprint density at radius 3 is 2.31 bits per heavy atom. The minimum absolute atomic E-state index is 0.0172. The first-order valence-corrected chi connectivity index (χ1v) is 19.0. The molecule has 2 heteroatoms. The molecule has 51 heavy (non-hydrogen) atoms. The Morgan fingerprint density at radius 1 is 0.804 bits per heavy atom. The molecule has 0 fully saturated rings. The molecule has 1 atom stereocenters. The van der Waals surface area contributed by atoms with Crippen molar-refractivity contribution >= 4 is 45.6 Å². The minimum Gasteiger partial charge on any atom is -0.363 e. The fourth-order valence-corrected chi connectivity index (χ4v) is 8.19. The summed E-state index contributed by atoms with van der Waals surface area (Å²) in [5, 5.41) is 2.55. The second-order valence-electron chi connectivity index (χ2n) is 16.2. The van der Waals surface area contributed by atoms with Crippen molar-refractivity contribution in [2.75, 3.05) is 16.3 Å². The number of aryl methyl sites for hydroxylation is 2. The van der Waals surface area contributed by atoms with Crippen molar-refractivity contribution in [3.63, 3.8) is 0 Å². The highest BCUT2D eigenvalue weighted by molar-refractivity contribution is 5.90. The van der Waals surface area contributed by atoms with Gasteiger partial charge in [0.2, 0.25) is 0 Å².